The Bertz CT molecular complexity index is 464. The molecule has 0 aliphatic heterocycles. The Hall–Kier alpha value is -1.56. The Labute approximate surface area is 124 Å². The highest BCUT2D eigenvalue weighted by Crippen LogP contribution is 2.22. The summed E-state index contributed by atoms with van der Waals surface area (Å²) in [6.07, 6.45) is 2.53. The molecular weight excluding hydrogens is 278 g/mol. The van der Waals surface area contributed by atoms with Crippen LogP contribution in [-0.2, 0) is 4.79 Å². The molecule has 20 heavy (non-hydrogen) atoms. The Balaban J connectivity index is 2.74. The number of amides is 1. The minimum atomic E-state index is -0.556. The number of halogens is 1. The number of carbonyl (C=O) groups is 1. The normalized spacial score (nSPS) is 11.1. The van der Waals surface area contributed by atoms with E-state index in [1.165, 1.54) is 0 Å². The summed E-state index contributed by atoms with van der Waals surface area (Å²) >= 11 is 6.06. The molecular formula is C13H22ClN5O. The quantitative estimate of drug-likeness (QED) is 0.719. The first kappa shape index (κ1) is 16.5. The molecule has 7 heteroatoms. The summed E-state index contributed by atoms with van der Waals surface area (Å²) in [4.78, 5) is 20.1. The molecule has 1 amide bonds. The van der Waals surface area contributed by atoms with E-state index in [4.69, 9.17) is 11.6 Å². The van der Waals surface area contributed by atoms with Gasteiger partial charge in [-0.15, -0.1) is 0 Å². The van der Waals surface area contributed by atoms with E-state index < -0.39 is 5.41 Å². The van der Waals surface area contributed by atoms with E-state index in [1.807, 2.05) is 13.8 Å². The van der Waals surface area contributed by atoms with Gasteiger partial charge in [-0.1, -0.05) is 18.5 Å². The van der Waals surface area contributed by atoms with Gasteiger partial charge in [-0.3, -0.25) is 4.79 Å². The molecule has 0 aliphatic rings. The van der Waals surface area contributed by atoms with E-state index in [9.17, 15) is 4.79 Å². The van der Waals surface area contributed by atoms with Crippen LogP contribution in [0, 0.1) is 5.41 Å². The monoisotopic (exact) mass is 299 g/mol. The minimum absolute atomic E-state index is 0.0421. The predicted molar refractivity (Wildman–Crippen MR) is 82.2 cm³/mol. The molecule has 1 aromatic rings. The first-order chi connectivity index (χ1) is 9.40. The van der Waals surface area contributed by atoms with Crippen molar-refractivity contribution in [1.29, 1.82) is 0 Å². The molecule has 0 bridgehead atoms. The Morgan fingerprint density at radius 2 is 2.10 bits per heavy atom. The topological polar surface area (TPSA) is 78.9 Å². The molecule has 0 aromatic carbocycles. The Kier molecular flexibility index (Phi) is 6.01. The molecule has 0 saturated carbocycles. The highest BCUT2D eigenvalue weighted by Gasteiger charge is 2.26. The number of rotatable bonds is 7. The fourth-order valence-corrected chi connectivity index (χ4v) is 1.69. The van der Waals surface area contributed by atoms with Crippen molar-refractivity contribution in [2.24, 2.45) is 5.41 Å². The lowest BCUT2D eigenvalue weighted by Gasteiger charge is -2.23. The van der Waals surface area contributed by atoms with Crippen molar-refractivity contribution in [2.45, 2.75) is 27.2 Å². The van der Waals surface area contributed by atoms with Crippen LogP contribution in [0.15, 0.2) is 6.20 Å². The maximum atomic E-state index is 11.7. The van der Waals surface area contributed by atoms with Gasteiger partial charge in [0.15, 0.2) is 5.82 Å². The average molecular weight is 300 g/mol. The van der Waals surface area contributed by atoms with Crippen molar-refractivity contribution in [2.75, 3.05) is 30.8 Å². The van der Waals surface area contributed by atoms with Crippen LogP contribution >= 0.6 is 11.6 Å². The fraction of sp³-hybridized carbons (Fsp3) is 0.615. The van der Waals surface area contributed by atoms with Crippen molar-refractivity contribution in [3.63, 3.8) is 0 Å². The molecule has 0 fully saturated rings. The van der Waals surface area contributed by atoms with E-state index in [0.29, 0.717) is 23.3 Å². The summed E-state index contributed by atoms with van der Waals surface area (Å²) < 4.78 is 0. The Morgan fingerprint density at radius 1 is 1.40 bits per heavy atom. The largest absolute Gasteiger partial charge is 0.368 e. The van der Waals surface area contributed by atoms with Crippen molar-refractivity contribution in [3.05, 3.63) is 11.2 Å². The number of carbonyl (C=O) groups excluding carboxylic acids is 1. The van der Waals surface area contributed by atoms with Gasteiger partial charge in [0, 0.05) is 20.1 Å². The van der Waals surface area contributed by atoms with Gasteiger partial charge in [-0.25, -0.2) is 4.98 Å². The molecule has 1 aromatic heterocycles. The van der Waals surface area contributed by atoms with Crippen molar-refractivity contribution < 1.29 is 4.79 Å². The van der Waals surface area contributed by atoms with Crippen LogP contribution in [0.3, 0.4) is 0 Å². The van der Waals surface area contributed by atoms with Crippen molar-refractivity contribution >= 4 is 29.3 Å². The van der Waals surface area contributed by atoms with Gasteiger partial charge < -0.3 is 16.0 Å². The van der Waals surface area contributed by atoms with Gasteiger partial charge >= 0.3 is 0 Å². The van der Waals surface area contributed by atoms with Gasteiger partial charge in [0.1, 0.15) is 5.02 Å². The summed E-state index contributed by atoms with van der Waals surface area (Å²) in [5.41, 5.74) is -0.556. The number of hydrogen-bond acceptors (Lipinski definition) is 5. The lowest BCUT2D eigenvalue weighted by molar-refractivity contribution is -0.128. The first-order valence-corrected chi connectivity index (χ1v) is 7.01. The molecule has 0 unspecified atom stereocenters. The molecule has 3 N–H and O–H groups in total. The second kappa shape index (κ2) is 7.28. The number of hydrogen-bond donors (Lipinski definition) is 3. The number of anilines is 2. The average Bonchev–Trinajstić information content (AvgIpc) is 2.44. The second-order valence-electron chi connectivity index (χ2n) is 5.13. The highest BCUT2D eigenvalue weighted by molar-refractivity contribution is 6.32. The van der Waals surface area contributed by atoms with E-state index in [-0.39, 0.29) is 5.91 Å². The van der Waals surface area contributed by atoms with Crippen LogP contribution in [0.25, 0.3) is 0 Å². The zero-order valence-electron chi connectivity index (χ0n) is 12.4. The van der Waals surface area contributed by atoms with Gasteiger partial charge in [-0.05, 0) is 20.3 Å². The maximum absolute atomic E-state index is 11.7. The second-order valence-corrected chi connectivity index (χ2v) is 5.54. The van der Waals surface area contributed by atoms with Crippen molar-refractivity contribution in [3.8, 4) is 0 Å². The molecule has 112 valence electrons. The first-order valence-electron chi connectivity index (χ1n) is 6.63. The number of aromatic nitrogens is 2. The summed E-state index contributed by atoms with van der Waals surface area (Å²) in [5.74, 6) is 1.01. The zero-order chi connectivity index (χ0) is 15.2. The van der Waals surface area contributed by atoms with Crippen LogP contribution in [0.1, 0.15) is 27.2 Å². The molecule has 0 saturated heterocycles. The summed E-state index contributed by atoms with van der Waals surface area (Å²) in [7, 11) is 1.62. The number of nitrogens with one attached hydrogen (secondary N) is 3. The van der Waals surface area contributed by atoms with Crippen LogP contribution in [0.4, 0.5) is 11.8 Å². The maximum Gasteiger partial charge on any atom is 0.227 e. The molecule has 1 heterocycles. The fourth-order valence-electron chi connectivity index (χ4n) is 1.54. The molecule has 1 rings (SSSR count). The standard InChI is InChI=1S/C13H22ClN5O/c1-5-6-16-12-17-7-9(14)10(19-12)18-8-13(2,3)11(20)15-4/h7H,5-6,8H2,1-4H3,(H,15,20)(H2,16,17,18,19). The third kappa shape index (κ3) is 4.52. The van der Waals surface area contributed by atoms with Gasteiger partial charge in [-0.2, -0.15) is 4.98 Å². The van der Waals surface area contributed by atoms with Gasteiger partial charge in [0.25, 0.3) is 0 Å². The van der Waals surface area contributed by atoms with Gasteiger partial charge in [0.2, 0.25) is 11.9 Å². The van der Waals surface area contributed by atoms with E-state index in [1.54, 1.807) is 13.2 Å². The van der Waals surface area contributed by atoms with E-state index in [2.05, 4.69) is 32.8 Å². The van der Waals surface area contributed by atoms with Crippen LogP contribution in [0.5, 0.6) is 0 Å². The highest BCUT2D eigenvalue weighted by atomic mass is 35.5. The smallest absolute Gasteiger partial charge is 0.227 e. The van der Waals surface area contributed by atoms with Crippen LogP contribution in [0.2, 0.25) is 5.02 Å². The van der Waals surface area contributed by atoms with E-state index in [0.717, 1.165) is 13.0 Å². The van der Waals surface area contributed by atoms with E-state index >= 15 is 0 Å². The third-order valence-electron chi connectivity index (χ3n) is 2.82. The molecule has 0 aliphatic carbocycles. The van der Waals surface area contributed by atoms with Crippen LogP contribution in [-0.4, -0.2) is 36.0 Å². The SMILES string of the molecule is CCCNc1ncc(Cl)c(NCC(C)(C)C(=O)NC)n1. The molecule has 0 atom stereocenters. The van der Waals surface area contributed by atoms with Crippen molar-refractivity contribution in [1.82, 2.24) is 15.3 Å². The molecule has 0 radical (unpaired) electrons. The summed E-state index contributed by atoms with van der Waals surface area (Å²) in [5, 5.41) is 9.26. The van der Waals surface area contributed by atoms with Crippen LogP contribution < -0.4 is 16.0 Å². The predicted octanol–water partition coefficient (Wildman–Crippen LogP) is 2.14. The Morgan fingerprint density at radius 3 is 2.70 bits per heavy atom. The molecule has 0 spiro atoms. The summed E-state index contributed by atoms with van der Waals surface area (Å²) in [6, 6.07) is 0. The number of nitrogens with zero attached hydrogens (tertiary/aromatic N) is 2. The minimum Gasteiger partial charge on any atom is -0.368 e. The summed E-state index contributed by atoms with van der Waals surface area (Å²) in [6.45, 7) is 6.99. The lowest BCUT2D eigenvalue weighted by Crippen LogP contribution is -2.39. The molecule has 6 nitrogen and oxygen atoms in total. The zero-order valence-corrected chi connectivity index (χ0v) is 13.1. The van der Waals surface area contributed by atoms with Gasteiger partial charge in [0.05, 0.1) is 11.6 Å². The third-order valence-corrected chi connectivity index (χ3v) is 3.09. The lowest BCUT2D eigenvalue weighted by atomic mass is 9.92.